The minimum absolute atomic E-state index is 0.0703. The number of amides is 1. The molecule has 1 aromatic rings. The van der Waals surface area contributed by atoms with Gasteiger partial charge in [-0.05, 0) is 32.3 Å². The Morgan fingerprint density at radius 1 is 1.28 bits per heavy atom. The molecule has 0 saturated carbocycles. The quantitative estimate of drug-likeness (QED) is 0.891. The Morgan fingerprint density at radius 3 is 2.50 bits per heavy atom. The van der Waals surface area contributed by atoms with E-state index in [1.165, 1.54) is 5.56 Å². The summed E-state index contributed by atoms with van der Waals surface area (Å²) in [6, 6.07) is 8.37. The fraction of sp³-hybridized carbons (Fsp3) is 0.533. The topological polar surface area (TPSA) is 38.3 Å². The summed E-state index contributed by atoms with van der Waals surface area (Å²) in [5.74, 6) is 0.276. The van der Waals surface area contributed by atoms with Gasteiger partial charge in [-0.15, -0.1) is 0 Å². The van der Waals surface area contributed by atoms with Gasteiger partial charge in [-0.3, -0.25) is 4.79 Å². The molecule has 0 radical (unpaired) electrons. The predicted octanol–water partition coefficient (Wildman–Crippen LogP) is 2.60. The first-order chi connectivity index (χ1) is 8.66. The van der Waals surface area contributed by atoms with Crippen molar-refractivity contribution in [1.29, 1.82) is 0 Å². The van der Waals surface area contributed by atoms with Gasteiger partial charge in [0.1, 0.15) is 0 Å². The molecule has 1 fully saturated rings. The molecule has 1 aliphatic rings. The van der Waals surface area contributed by atoms with Crippen molar-refractivity contribution in [2.24, 2.45) is 5.92 Å². The second-order valence-electron chi connectivity index (χ2n) is 5.03. The zero-order valence-electron chi connectivity index (χ0n) is 11.1. The van der Waals surface area contributed by atoms with Gasteiger partial charge in [0.2, 0.25) is 5.91 Å². The lowest BCUT2D eigenvalue weighted by Gasteiger charge is -2.23. The lowest BCUT2D eigenvalue weighted by atomic mass is 9.98. The van der Waals surface area contributed by atoms with Crippen molar-refractivity contribution in [1.82, 2.24) is 5.32 Å². The minimum atomic E-state index is 0.0703. The molecular weight excluding hydrogens is 226 g/mol. The van der Waals surface area contributed by atoms with Crippen LogP contribution in [0.15, 0.2) is 24.3 Å². The summed E-state index contributed by atoms with van der Waals surface area (Å²) >= 11 is 0. The minimum Gasteiger partial charge on any atom is -0.381 e. The maximum atomic E-state index is 12.1. The zero-order chi connectivity index (χ0) is 13.0. The molecule has 1 N–H and O–H groups in total. The molecule has 98 valence electrons. The van der Waals surface area contributed by atoms with Gasteiger partial charge in [0.05, 0.1) is 6.04 Å². The highest BCUT2D eigenvalue weighted by molar-refractivity contribution is 5.79. The van der Waals surface area contributed by atoms with Crippen LogP contribution < -0.4 is 5.32 Å². The van der Waals surface area contributed by atoms with Gasteiger partial charge in [-0.25, -0.2) is 0 Å². The van der Waals surface area contributed by atoms with Gasteiger partial charge in [-0.1, -0.05) is 29.8 Å². The fourth-order valence-electron chi connectivity index (χ4n) is 2.23. The summed E-state index contributed by atoms with van der Waals surface area (Å²) in [6.45, 7) is 5.50. The number of ether oxygens (including phenoxy) is 1. The summed E-state index contributed by atoms with van der Waals surface area (Å²) in [4.78, 5) is 12.1. The fourth-order valence-corrected chi connectivity index (χ4v) is 2.23. The third kappa shape index (κ3) is 3.33. The van der Waals surface area contributed by atoms with Crippen molar-refractivity contribution < 1.29 is 9.53 Å². The van der Waals surface area contributed by atoms with Crippen molar-refractivity contribution >= 4 is 5.91 Å². The lowest BCUT2D eigenvalue weighted by molar-refractivity contribution is -0.128. The molecule has 1 heterocycles. The van der Waals surface area contributed by atoms with Gasteiger partial charge in [-0.2, -0.15) is 0 Å². The molecule has 3 heteroatoms. The summed E-state index contributed by atoms with van der Waals surface area (Å²) in [6.07, 6.45) is 1.68. The van der Waals surface area contributed by atoms with Crippen LogP contribution >= 0.6 is 0 Å². The van der Waals surface area contributed by atoms with E-state index in [0.717, 1.165) is 18.4 Å². The number of carbonyl (C=O) groups excluding carboxylic acids is 1. The monoisotopic (exact) mass is 247 g/mol. The average Bonchev–Trinajstić information content (AvgIpc) is 2.40. The van der Waals surface area contributed by atoms with Crippen LogP contribution in [0.4, 0.5) is 0 Å². The summed E-state index contributed by atoms with van der Waals surface area (Å²) in [5, 5.41) is 3.09. The Bertz CT molecular complexity index is 393. The molecule has 0 spiro atoms. The van der Waals surface area contributed by atoms with Crippen LogP contribution in [0.5, 0.6) is 0 Å². The molecule has 1 aromatic carbocycles. The molecule has 0 bridgehead atoms. The summed E-state index contributed by atoms with van der Waals surface area (Å²) in [5.41, 5.74) is 2.39. The standard InChI is InChI=1S/C15H21NO2/c1-11-3-5-13(6-4-11)12(2)16-15(17)14-7-9-18-10-8-14/h3-6,12,14H,7-10H2,1-2H3,(H,16,17). The van der Waals surface area contributed by atoms with Gasteiger partial charge in [0.25, 0.3) is 0 Å². The first kappa shape index (κ1) is 13.1. The van der Waals surface area contributed by atoms with E-state index in [0.29, 0.717) is 13.2 Å². The van der Waals surface area contributed by atoms with Crippen LogP contribution in [0.2, 0.25) is 0 Å². The maximum Gasteiger partial charge on any atom is 0.223 e. The molecule has 1 amide bonds. The average molecular weight is 247 g/mol. The van der Waals surface area contributed by atoms with Gasteiger partial charge >= 0.3 is 0 Å². The van der Waals surface area contributed by atoms with Crippen LogP contribution in [0.25, 0.3) is 0 Å². The molecule has 1 saturated heterocycles. The van der Waals surface area contributed by atoms with E-state index in [4.69, 9.17) is 4.74 Å². The Balaban J connectivity index is 1.91. The van der Waals surface area contributed by atoms with Crippen LogP contribution in [-0.2, 0) is 9.53 Å². The number of benzene rings is 1. The normalized spacial score (nSPS) is 18.3. The van der Waals surface area contributed by atoms with Crippen molar-refractivity contribution in [2.75, 3.05) is 13.2 Å². The highest BCUT2D eigenvalue weighted by Crippen LogP contribution is 2.18. The summed E-state index contributed by atoms with van der Waals surface area (Å²) < 4.78 is 5.27. The Hall–Kier alpha value is -1.35. The molecule has 2 rings (SSSR count). The number of aryl methyl sites for hydroxylation is 1. The van der Waals surface area contributed by atoms with E-state index in [9.17, 15) is 4.79 Å². The van der Waals surface area contributed by atoms with Crippen LogP contribution in [-0.4, -0.2) is 19.1 Å². The van der Waals surface area contributed by atoms with E-state index in [2.05, 4.69) is 36.5 Å². The number of hydrogen-bond acceptors (Lipinski definition) is 2. The number of rotatable bonds is 3. The smallest absolute Gasteiger partial charge is 0.223 e. The molecule has 1 aliphatic heterocycles. The molecule has 1 unspecified atom stereocenters. The number of carbonyl (C=O) groups is 1. The van der Waals surface area contributed by atoms with E-state index in [1.807, 2.05) is 6.92 Å². The van der Waals surface area contributed by atoms with Crippen LogP contribution in [0, 0.1) is 12.8 Å². The van der Waals surface area contributed by atoms with Crippen molar-refractivity contribution in [3.05, 3.63) is 35.4 Å². The van der Waals surface area contributed by atoms with Crippen molar-refractivity contribution in [2.45, 2.75) is 32.7 Å². The zero-order valence-corrected chi connectivity index (χ0v) is 11.1. The first-order valence-electron chi connectivity index (χ1n) is 6.61. The summed E-state index contributed by atoms with van der Waals surface area (Å²) in [7, 11) is 0. The van der Waals surface area contributed by atoms with Gasteiger partial charge < -0.3 is 10.1 Å². The molecule has 3 nitrogen and oxygen atoms in total. The van der Waals surface area contributed by atoms with E-state index in [-0.39, 0.29) is 17.9 Å². The largest absolute Gasteiger partial charge is 0.381 e. The molecule has 0 aliphatic carbocycles. The molecular formula is C15H21NO2. The second kappa shape index (κ2) is 6.01. The van der Waals surface area contributed by atoms with E-state index >= 15 is 0 Å². The van der Waals surface area contributed by atoms with Gasteiger partial charge in [0.15, 0.2) is 0 Å². The Labute approximate surface area is 109 Å². The third-order valence-electron chi connectivity index (χ3n) is 3.53. The third-order valence-corrected chi connectivity index (χ3v) is 3.53. The van der Waals surface area contributed by atoms with Crippen LogP contribution in [0.1, 0.15) is 36.9 Å². The van der Waals surface area contributed by atoms with Crippen molar-refractivity contribution in [3.8, 4) is 0 Å². The molecule has 18 heavy (non-hydrogen) atoms. The lowest BCUT2D eigenvalue weighted by Crippen LogP contribution is -2.35. The van der Waals surface area contributed by atoms with E-state index in [1.54, 1.807) is 0 Å². The highest BCUT2D eigenvalue weighted by Gasteiger charge is 2.22. The maximum absolute atomic E-state index is 12.1. The predicted molar refractivity (Wildman–Crippen MR) is 71.3 cm³/mol. The van der Waals surface area contributed by atoms with E-state index < -0.39 is 0 Å². The highest BCUT2D eigenvalue weighted by atomic mass is 16.5. The second-order valence-corrected chi connectivity index (χ2v) is 5.03. The number of hydrogen-bond donors (Lipinski definition) is 1. The Morgan fingerprint density at radius 2 is 1.89 bits per heavy atom. The number of nitrogens with one attached hydrogen (secondary N) is 1. The first-order valence-corrected chi connectivity index (χ1v) is 6.61. The molecule has 0 aromatic heterocycles. The SMILES string of the molecule is Cc1ccc(C(C)NC(=O)C2CCOCC2)cc1. The molecule has 1 atom stereocenters. The Kier molecular flexibility index (Phi) is 4.37. The van der Waals surface area contributed by atoms with Crippen LogP contribution in [0.3, 0.4) is 0 Å². The van der Waals surface area contributed by atoms with Gasteiger partial charge in [0, 0.05) is 19.1 Å². The van der Waals surface area contributed by atoms with Crippen molar-refractivity contribution in [3.63, 3.8) is 0 Å².